The Morgan fingerprint density at radius 3 is 2.59 bits per heavy atom. The number of aromatic nitrogens is 1. The van der Waals surface area contributed by atoms with E-state index in [1.54, 1.807) is 0 Å². The summed E-state index contributed by atoms with van der Waals surface area (Å²) in [6.45, 7) is 3.51. The molecule has 3 aromatic rings. The SMILES string of the molecule is CC(=O)N[C@H](C)CCc1ccc(C(=O)CSc2nc3ccccc3o2)cc1. The van der Waals surface area contributed by atoms with Crippen LogP contribution in [0.25, 0.3) is 11.1 Å². The number of hydrogen-bond acceptors (Lipinski definition) is 5. The number of nitrogens with zero attached hydrogens (tertiary/aromatic N) is 1. The highest BCUT2D eigenvalue weighted by Gasteiger charge is 2.11. The number of para-hydroxylation sites is 2. The number of Topliss-reactive ketones (excluding diaryl/α,β-unsaturated/α-hetero) is 1. The second kappa shape index (κ2) is 8.86. The van der Waals surface area contributed by atoms with Gasteiger partial charge in [-0.05, 0) is 37.5 Å². The van der Waals surface area contributed by atoms with Gasteiger partial charge >= 0.3 is 0 Å². The average molecular weight is 382 g/mol. The number of oxazole rings is 1. The minimum atomic E-state index is -0.0140. The van der Waals surface area contributed by atoms with Crippen molar-refractivity contribution >= 4 is 34.6 Å². The lowest BCUT2D eigenvalue weighted by molar-refractivity contribution is -0.119. The average Bonchev–Trinajstić information content (AvgIpc) is 3.07. The molecule has 0 radical (unpaired) electrons. The van der Waals surface area contributed by atoms with Gasteiger partial charge in [0.1, 0.15) is 5.52 Å². The van der Waals surface area contributed by atoms with Crippen LogP contribution in [0.1, 0.15) is 36.2 Å². The van der Waals surface area contributed by atoms with Crippen LogP contribution in [0.2, 0.25) is 0 Å². The Hall–Kier alpha value is -2.60. The van der Waals surface area contributed by atoms with E-state index in [0.29, 0.717) is 10.8 Å². The van der Waals surface area contributed by atoms with Gasteiger partial charge in [0, 0.05) is 18.5 Å². The Balaban J connectivity index is 1.51. The number of ketones is 1. The number of thioether (sulfide) groups is 1. The molecule has 1 amide bonds. The van der Waals surface area contributed by atoms with Crippen LogP contribution in [-0.2, 0) is 11.2 Å². The minimum absolute atomic E-state index is 0.0140. The highest BCUT2D eigenvalue weighted by Crippen LogP contribution is 2.24. The summed E-state index contributed by atoms with van der Waals surface area (Å²) in [5.74, 6) is 0.312. The van der Waals surface area contributed by atoms with Crippen molar-refractivity contribution in [1.82, 2.24) is 10.3 Å². The smallest absolute Gasteiger partial charge is 0.257 e. The van der Waals surface area contributed by atoms with Gasteiger partial charge in [0.15, 0.2) is 11.4 Å². The molecule has 0 unspecified atom stereocenters. The van der Waals surface area contributed by atoms with E-state index in [4.69, 9.17) is 4.42 Å². The van der Waals surface area contributed by atoms with E-state index < -0.39 is 0 Å². The van der Waals surface area contributed by atoms with Gasteiger partial charge in [-0.2, -0.15) is 0 Å². The number of aryl methyl sites for hydroxylation is 1. The Kier molecular flexibility index (Phi) is 6.29. The van der Waals surface area contributed by atoms with E-state index in [2.05, 4.69) is 10.3 Å². The molecular formula is C21H22N2O3S. The van der Waals surface area contributed by atoms with Crippen LogP contribution in [0.4, 0.5) is 0 Å². The third kappa shape index (κ3) is 5.44. The lowest BCUT2D eigenvalue weighted by atomic mass is 10.0. The predicted molar refractivity (Wildman–Crippen MR) is 107 cm³/mol. The highest BCUT2D eigenvalue weighted by atomic mass is 32.2. The maximum Gasteiger partial charge on any atom is 0.257 e. The van der Waals surface area contributed by atoms with Crippen molar-refractivity contribution in [3.8, 4) is 0 Å². The van der Waals surface area contributed by atoms with E-state index in [0.717, 1.165) is 29.5 Å². The van der Waals surface area contributed by atoms with Gasteiger partial charge in [-0.25, -0.2) is 4.98 Å². The molecule has 0 saturated heterocycles. The molecular weight excluding hydrogens is 360 g/mol. The molecule has 0 aliphatic carbocycles. The summed E-state index contributed by atoms with van der Waals surface area (Å²) in [4.78, 5) is 27.8. The summed E-state index contributed by atoms with van der Waals surface area (Å²) in [6, 6.07) is 15.3. The summed E-state index contributed by atoms with van der Waals surface area (Å²) in [5.41, 5.74) is 3.35. The minimum Gasteiger partial charge on any atom is -0.431 e. The third-order valence-electron chi connectivity index (χ3n) is 4.19. The zero-order chi connectivity index (χ0) is 19.2. The van der Waals surface area contributed by atoms with Crippen LogP contribution in [0.3, 0.4) is 0 Å². The quantitative estimate of drug-likeness (QED) is 0.465. The zero-order valence-corrected chi connectivity index (χ0v) is 16.2. The summed E-state index contributed by atoms with van der Waals surface area (Å²) < 4.78 is 5.62. The zero-order valence-electron chi connectivity index (χ0n) is 15.4. The maximum absolute atomic E-state index is 12.4. The standard InChI is InChI=1S/C21H22N2O3S/c1-14(22-15(2)24)7-8-16-9-11-17(12-10-16)19(25)13-27-21-23-18-5-3-4-6-20(18)26-21/h3-6,9-12,14H,7-8,13H2,1-2H3,(H,22,24)/t14-/m1/s1. The number of fused-ring (bicyclic) bond motifs is 1. The second-order valence-electron chi connectivity index (χ2n) is 6.50. The first kappa shape index (κ1) is 19.2. The molecule has 1 aromatic heterocycles. The Labute approximate surface area is 162 Å². The number of carbonyl (C=O) groups is 2. The van der Waals surface area contributed by atoms with E-state index >= 15 is 0 Å². The summed E-state index contributed by atoms with van der Waals surface area (Å²) in [7, 11) is 0. The molecule has 0 bridgehead atoms. The molecule has 5 nitrogen and oxygen atoms in total. The number of carbonyl (C=O) groups excluding carboxylic acids is 2. The lowest BCUT2D eigenvalue weighted by Crippen LogP contribution is -2.30. The second-order valence-corrected chi connectivity index (χ2v) is 7.42. The van der Waals surface area contributed by atoms with Crippen molar-refractivity contribution in [2.75, 3.05) is 5.75 Å². The molecule has 6 heteroatoms. The maximum atomic E-state index is 12.4. The van der Waals surface area contributed by atoms with Crippen LogP contribution in [0, 0.1) is 0 Å². The monoisotopic (exact) mass is 382 g/mol. The van der Waals surface area contributed by atoms with E-state index in [9.17, 15) is 9.59 Å². The number of nitrogens with one attached hydrogen (secondary N) is 1. The van der Waals surface area contributed by atoms with Gasteiger partial charge in [-0.1, -0.05) is 48.2 Å². The van der Waals surface area contributed by atoms with Gasteiger partial charge in [0.25, 0.3) is 5.22 Å². The first-order valence-electron chi connectivity index (χ1n) is 8.89. The summed E-state index contributed by atoms with van der Waals surface area (Å²) in [6.07, 6.45) is 1.72. The lowest BCUT2D eigenvalue weighted by Gasteiger charge is -2.12. The molecule has 0 aliphatic rings. The van der Waals surface area contributed by atoms with Gasteiger partial charge in [-0.15, -0.1) is 0 Å². The van der Waals surface area contributed by atoms with Crippen molar-refractivity contribution in [1.29, 1.82) is 0 Å². The van der Waals surface area contributed by atoms with Crippen molar-refractivity contribution < 1.29 is 14.0 Å². The number of benzene rings is 2. The van der Waals surface area contributed by atoms with Gasteiger partial charge in [0.05, 0.1) is 5.75 Å². The molecule has 27 heavy (non-hydrogen) atoms. The topological polar surface area (TPSA) is 72.2 Å². The molecule has 0 saturated carbocycles. The number of hydrogen-bond donors (Lipinski definition) is 1. The fourth-order valence-electron chi connectivity index (χ4n) is 2.78. The normalized spacial score (nSPS) is 12.1. The van der Waals surface area contributed by atoms with Gasteiger partial charge < -0.3 is 9.73 Å². The van der Waals surface area contributed by atoms with Crippen LogP contribution >= 0.6 is 11.8 Å². The van der Waals surface area contributed by atoms with Crippen molar-refractivity contribution in [2.45, 2.75) is 38.0 Å². The largest absolute Gasteiger partial charge is 0.431 e. The fraction of sp³-hybridized carbons (Fsp3) is 0.286. The van der Waals surface area contributed by atoms with Crippen molar-refractivity contribution in [3.63, 3.8) is 0 Å². The molecule has 0 aliphatic heterocycles. The molecule has 1 heterocycles. The van der Waals surface area contributed by atoms with Gasteiger partial charge in [0.2, 0.25) is 5.91 Å². The molecule has 0 spiro atoms. The first-order valence-corrected chi connectivity index (χ1v) is 9.87. The molecule has 1 atom stereocenters. The predicted octanol–water partition coefficient (Wildman–Crippen LogP) is 4.26. The van der Waals surface area contributed by atoms with Crippen molar-refractivity contribution in [2.24, 2.45) is 0 Å². The summed E-state index contributed by atoms with van der Waals surface area (Å²) in [5, 5.41) is 3.38. The van der Waals surface area contributed by atoms with Crippen LogP contribution < -0.4 is 5.32 Å². The Bertz CT molecular complexity index is 901. The third-order valence-corrected chi connectivity index (χ3v) is 5.02. The van der Waals surface area contributed by atoms with Gasteiger partial charge in [-0.3, -0.25) is 9.59 Å². The van der Waals surface area contributed by atoms with Crippen LogP contribution in [0.15, 0.2) is 58.2 Å². The summed E-state index contributed by atoms with van der Waals surface area (Å²) >= 11 is 1.31. The van der Waals surface area contributed by atoms with Crippen LogP contribution in [-0.4, -0.2) is 28.5 Å². The first-order chi connectivity index (χ1) is 13.0. The Morgan fingerprint density at radius 2 is 1.89 bits per heavy atom. The molecule has 3 rings (SSSR count). The highest BCUT2D eigenvalue weighted by molar-refractivity contribution is 7.99. The van der Waals surface area contributed by atoms with E-state index in [1.807, 2.05) is 55.5 Å². The molecule has 2 aromatic carbocycles. The number of rotatable bonds is 8. The van der Waals surface area contributed by atoms with Crippen molar-refractivity contribution in [3.05, 3.63) is 59.7 Å². The van der Waals surface area contributed by atoms with E-state index in [-0.39, 0.29) is 23.5 Å². The molecule has 0 fully saturated rings. The number of amides is 1. The molecule has 140 valence electrons. The molecule has 1 N–H and O–H groups in total. The van der Waals surface area contributed by atoms with E-state index in [1.165, 1.54) is 18.7 Å². The fourth-order valence-corrected chi connectivity index (χ4v) is 3.52. The Morgan fingerprint density at radius 1 is 1.15 bits per heavy atom. The van der Waals surface area contributed by atoms with Crippen LogP contribution in [0.5, 0.6) is 0 Å².